The molecular formula is C10H15NO. The van der Waals surface area contributed by atoms with E-state index in [1.165, 1.54) is 5.56 Å². The molecule has 2 heteroatoms. The molecule has 0 aliphatic heterocycles. The summed E-state index contributed by atoms with van der Waals surface area (Å²) in [7, 11) is 0. The first-order valence-electron chi connectivity index (χ1n) is 4.22. The Morgan fingerprint density at radius 3 is 2.67 bits per heavy atom. The van der Waals surface area contributed by atoms with Crippen molar-refractivity contribution in [3.63, 3.8) is 0 Å². The van der Waals surface area contributed by atoms with Gasteiger partial charge in [-0.2, -0.15) is 0 Å². The van der Waals surface area contributed by atoms with Crippen LogP contribution in [0, 0.1) is 0 Å². The number of hydrogen-bond donors (Lipinski definition) is 2. The molecule has 66 valence electrons. The minimum atomic E-state index is -0.100. The molecule has 0 aromatic heterocycles. The van der Waals surface area contributed by atoms with Crippen LogP contribution in [0.3, 0.4) is 0 Å². The largest absolute Gasteiger partial charge is 0.508 e. The van der Waals surface area contributed by atoms with Crippen LogP contribution in [0.4, 0.5) is 0 Å². The quantitative estimate of drug-likeness (QED) is 0.703. The molecule has 1 aromatic rings. The maximum absolute atomic E-state index is 9.42. The first-order chi connectivity index (χ1) is 5.65. The fraction of sp³-hybridized carbons (Fsp3) is 0.400. The highest BCUT2D eigenvalue weighted by Crippen LogP contribution is 2.23. The molecule has 0 aliphatic rings. The van der Waals surface area contributed by atoms with Gasteiger partial charge >= 0.3 is 0 Å². The van der Waals surface area contributed by atoms with E-state index in [4.69, 9.17) is 5.73 Å². The molecule has 0 aliphatic carbocycles. The third-order valence-corrected chi connectivity index (χ3v) is 1.99. The van der Waals surface area contributed by atoms with Crippen LogP contribution in [0.1, 0.15) is 31.0 Å². The molecular weight excluding hydrogens is 150 g/mol. The van der Waals surface area contributed by atoms with Gasteiger partial charge in [-0.25, -0.2) is 0 Å². The second-order valence-corrected chi connectivity index (χ2v) is 3.04. The maximum Gasteiger partial charge on any atom is 0.120 e. The summed E-state index contributed by atoms with van der Waals surface area (Å²) in [6.45, 7) is 3.95. The van der Waals surface area contributed by atoms with Crippen LogP contribution in [-0.4, -0.2) is 5.11 Å². The van der Waals surface area contributed by atoms with E-state index < -0.39 is 0 Å². The smallest absolute Gasteiger partial charge is 0.120 e. The summed E-state index contributed by atoms with van der Waals surface area (Å²) in [4.78, 5) is 0. The lowest BCUT2D eigenvalue weighted by Gasteiger charge is -2.09. The van der Waals surface area contributed by atoms with Gasteiger partial charge in [0.1, 0.15) is 5.75 Å². The zero-order valence-corrected chi connectivity index (χ0v) is 7.54. The molecule has 2 nitrogen and oxygen atoms in total. The van der Waals surface area contributed by atoms with Crippen molar-refractivity contribution in [2.75, 3.05) is 0 Å². The van der Waals surface area contributed by atoms with Crippen molar-refractivity contribution in [2.45, 2.75) is 26.3 Å². The highest BCUT2D eigenvalue weighted by molar-refractivity contribution is 5.37. The summed E-state index contributed by atoms with van der Waals surface area (Å²) in [6, 6.07) is 5.48. The van der Waals surface area contributed by atoms with Gasteiger partial charge in [0, 0.05) is 11.6 Å². The molecule has 0 heterocycles. The molecule has 0 amide bonds. The van der Waals surface area contributed by atoms with Crippen molar-refractivity contribution in [1.82, 2.24) is 0 Å². The van der Waals surface area contributed by atoms with Crippen molar-refractivity contribution >= 4 is 0 Å². The molecule has 1 unspecified atom stereocenters. The number of aryl methyl sites for hydroxylation is 1. The number of aromatic hydroxyl groups is 1. The molecule has 12 heavy (non-hydrogen) atoms. The molecule has 1 rings (SSSR count). The van der Waals surface area contributed by atoms with E-state index in [2.05, 4.69) is 6.92 Å². The van der Waals surface area contributed by atoms with Crippen molar-refractivity contribution in [1.29, 1.82) is 0 Å². The first kappa shape index (κ1) is 9.07. The standard InChI is InChI=1S/C10H15NO/c1-3-8-4-5-10(12)9(6-8)7(2)11/h4-7,12H,3,11H2,1-2H3. The summed E-state index contributed by atoms with van der Waals surface area (Å²) < 4.78 is 0. The predicted molar refractivity (Wildman–Crippen MR) is 50.1 cm³/mol. The van der Waals surface area contributed by atoms with Crippen LogP contribution in [0.5, 0.6) is 5.75 Å². The minimum Gasteiger partial charge on any atom is -0.508 e. The van der Waals surface area contributed by atoms with Crippen LogP contribution >= 0.6 is 0 Å². The second kappa shape index (κ2) is 3.59. The highest BCUT2D eigenvalue weighted by Gasteiger charge is 2.05. The number of phenols is 1. The average Bonchev–Trinajstić information content (AvgIpc) is 2.05. The minimum absolute atomic E-state index is 0.100. The van der Waals surface area contributed by atoms with Crippen LogP contribution in [-0.2, 0) is 6.42 Å². The van der Waals surface area contributed by atoms with Gasteiger partial charge in [-0.15, -0.1) is 0 Å². The fourth-order valence-corrected chi connectivity index (χ4v) is 1.19. The third kappa shape index (κ3) is 1.77. The molecule has 0 saturated carbocycles. The molecule has 1 atom stereocenters. The average molecular weight is 165 g/mol. The Morgan fingerprint density at radius 1 is 1.50 bits per heavy atom. The van der Waals surface area contributed by atoms with E-state index in [9.17, 15) is 5.11 Å². The Kier molecular flexibility index (Phi) is 2.71. The molecule has 0 radical (unpaired) electrons. The lowest BCUT2D eigenvalue weighted by Crippen LogP contribution is -2.05. The SMILES string of the molecule is CCc1ccc(O)c(C(C)N)c1. The van der Waals surface area contributed by atoms with Crippen LogP contribution < -0.4 is 5.73 Å². The Labute approximate surface area is 73.0 Å². The molecule has 3 N–H and O–H groups in total. The number of phenolic OH excluding ortho intramolecular Hbond substituents is 1. The van der Waals surface area contributed by atoms with Gasteiger partial charge in [-0.1, -0.05) is 19.1 Å². The second-order valence-electron chi connectivity index (χ2n) is 3.04. The Bertz CT molecular complexity index is 269. The van der Waals surface area contributed by atoms with E-state index in [0.29, 0.717) is 5.75 Å². The first-order valence-corrected chi connectivity index (χ1v) is 4.22. The Morgan fingerprint density at radius 2 is 2.17 bits per heavy atom. The van der Waals surface area contributed by atoms with Gasteiger partial charge in [0.05, 0.1) is 0 Å². The van der Waals surface area contributed by atoms with Crippen molar-refractivity contribution in [3.05, 3.63) is 29.3 Å². The topological polar surface area (TPSA) is 46.2 Å². The van der Waals surface area contributed by atoms with Gasteiger partial charge in [0.25, 0.3) is 0 Å². The monoisotopic (exact) mass is 165 g/mol. The summed E-state index contributed by atoms with van der Waals surface area (Å²) in [6.07, 6.45) is 0.972. The zero-order valence-electron chi connectivity index (χ0n) is 7.54. The number of nitrogens with two attached hydrogens (primary N) is 1. The fourth-order valence-electron chi connectivity index (χ4n) is 1.19. The summed E-state index contributed by atoms with van der Waals surface area (Å²) in [5.41, 5.74) is 7.71. The lowest BCUT2D eigenvalue weighted by atomic mass is 10.0. The molecule has 0 saturated heterocycles. The normalized spacial score (nSPS) is 12.9. The van der Waals surface area contributed by atoms with E-state index in [0.717, 1.165) is 12.0 Å². The van der Waals surface area contributed by atoms with Gasteiger partial charge in [-0.05, 0) is 25.0 Å². The summed E-state index contributed by atoms with van der Waals surface area (Å²) in [5, 5.41) is 9.42. The van der Waals surface area contributed by atoms with Gasteiger partial charge in [0.2, 0.25) is 0 Å². The molecule has 1 aromatic carbocycles. The lowest BCUT2D eigenvalue weighted by molar-refractivity contribution is 0.463. The van der Waals surface area contributed by atoms with Crippen LogP contribution in [0.15, 0.2) is 18.2 Å². The number of rotatable bonds is 2. The maximum atomic E-state index is 9.42. The third-order valence-electron chi connectivity index (χ3n) is 1.99. The molecule has 0 fully saturated rings. The summed E-state index contributed by atoms with van der Waals surface area (Å²) in [5.74, 6) is 0.294. The highest BCUT2D eigenvalue weighted by atomic mass is 16.3. The van der Waals surface area contributed by atoms with Crippen LogP contribution in [0.2, 0.25) is 0 Å². The Balaban J connectivity index is 3.08. The summed E-state index contributed by atoms with van der Waals surface area (Å²) >= 11 is 0. The van der Waals surface area contributed by atoms with Gasteiger partial charge < -0.3 is 10.8 Å². The van der Waals surface area contributed by atoms with Crippen molar-refractivity contribution in [2.24, 2.45) is 5.73 Å². The van der Waals surface area contributed by atoms with Crippen molar-refractivity contribution < 1.29 is 5.11 Å². The van der Waals surface area contributed by atoms with E-state index in [1.807, 2.05) is 19.1 Å². The number of benzene rings is 1. The van der Waals surface area contributed by atoms with E-state index in [1.54, 1.807) is 6.07 Å². The molecule has 0 bridgehead atoms. The van der Waals surface area contributed by atoms with Crippen molar-refractivity contribution in [3.8, 4) is 5.75 Å². The van der Waals surface area contributed by atoms with Gasteiger partial charge in [-0.3, -0.25) is 0 Å². The van der Waals surface area contributed by atoms with E-state index in [-0.39, 0.29) is 6.04 Å². The van der Waals surface area contributed by atoms with E-state index >= 15 is 0 Å². The Hall–Kier alpha value is -1.02. The molecule has 0 spiro atoms. The number of hydrogen-bond acceptors (Lipinski definition) is 2. The van der Waals surface area contributed by atoms with Gasteiger partial charge in [0.15, 0.2) is 0 Å². The predicted octanol–water partition coefficient (Wildman–Crippen LogP) is 1.97. The van der Waals surface area contributed by atoms with Crippen LogP contribution in [0.25, 0.3) is 0 Å². The zero-order chi connectivity index (χ0) is 9.14.